The third-order valence-corrected chi connectivity index (χ3v) is 3.69. The molecule has 1 aromatic heterocycles. The van der Waals surface area contributed by atoms with Crippen LogP contribution in [0.25, 0.3) is 0 Å². The van der Waals surface area contributed by atoms with Crippen molar-refractivity contribution in [1.29, 1.82) is 0 Å². The fourth-order valence-electron chi connectivity index (χ4n) is 2.66. The van der Waals surface area contributed by atoms with Gasteiger partial charge in [0.25, 0.3) is 0 Å². The standard InChI is InChI=1S/C12H21N5O/c1-9-7-17(5-4-13-9)12-14-11(15-16-12)10-3-2-6-18-8-10/h9-10,13H,2-8H2,1H3,(H,14,15,16)/t9-,10?/m0/s1. The number of aromatic nitrogens is 3. The van der Waals surface area contributed by atoms with Gasteiger partial charge in [0.05, 0.1) is 6.61 Å². The van der Waals surface area contributed by atoms with Crippen molar-refractivity contribution in [2.24, 2.45) is 0 Å². The lowest BCUT2D eigenvalue weighted by Crippen LogP contribution is -2.49. The molecule has 2 aliphatic rings. The molecule has 0 spiro atoms. The number of nitrogens with one attached hydrogen (secondary N) is 2. The van der Waals surface area contributed by atoms with Gasteiger partial charge in [0.15, 0.2) is 0 Å². The number of anilines is 1. The minimum Gasteiger partial charge on any atom is -0.381 e. The fourth-order valence-corrected chi connectivity index (χ4v) is 2.66. The van der Waals surface area contributed by atoms with Crippen molar-refractivity contribution < 1.29 is 4.74 Å². The summed E-state index contributed by atoms with van der Waals surface area (Å²) in [6.45, 7) is 6.78. The summed E-state index contributed by atoms with van der Waals surface area (Å²) < 4.78 is 5.50. The Morgan fingerprint density at radius 2 is 2.39 bits per heavy atom. The molecule has 1 aromatic rings. The zero-order valence-corrected chi connectivity index (χ0v) is 10.9. The quantitative estimate of drug-likeness (QED) is 0.801. The molecule has 0 bridgehead atoms. The second-order valence-corrected chi connectivity index (χ2v) is 5.24. The summed E-state index contributed by atoms with van der Waals surface area (Å²) in [5.41, 5.74) is 0. The van der Waals surface area contributed by atoms with Crippen LogP contribution >= 0.6 is 0 Å². The van der Waals surface area contributed by atoms with Crippen LogP contribution in [0.5, 0.6) is 0 Å². The molecule has 1 unspecified atom stereocenters. The van der Waals surface area contributed by atoms with Crippen LogP contribution in [0.3, 0.4) is 0 Å². The Labute approximate surface area is 107 Å². The fraction of sp³-hybridized carbons (Fsp3) is 0.833. The highest BCUT2D eigenvalue weighted by Gasteiger charge is 2.23. The summed E-state index contributed by atoms with van der Waals surface area (Å²) >= 11 is 0. The van der Waals surface area contributed by atoms with Gasteiger partial charge in [-0.25, -0.2) is 0 Å². The first kappa shape index (κ1) is 11.9. The molecule has 2 aliphatic heterocycles. The van der Waals surface area contributed by atoms with Crippen LogP contribution in [0.4, 0.5) is 5.95 Å². The van der Waals surface area contributed by atoms with Crippen LogP contribution in [0, 0.1) is 0 Å². The molecule has 2 fully saturated rings. The van der Waals surface area contributed by atoms with Crippen molar-refractivity contribution in [2.45, 2.75) is 31.7 Å². The van der Waals surface area contributed by atoms with Gasteiger partial charge in [-0.2, -0.15) is 4.98 Å². The van der Waals surface area contributed by atoms with E-state index >= 15 is 0 Å². The van der Waals surface area contributed by atoms with Gasteiger partial charge in [0, 0.05) is 38.2 Å². The molecule has 0 saturated carbocycles. The maximum Gasteiger partial charge on any atom is 0.244 e. The highest BCUT2D eigenvalue weighted by molar-refractivity contribution is 5.30. The number of ether oxygens (including phenoxy) is 1. The number of aromatic amines is 1. The summed E-state index contributed by atoms with van der Waals surface area (Å²) in [7, 11) is 0. The Balaban J connectivity index is 1.68. The van der Waals surface area contributed by atoms with Crippen molar-refractivity contribution in [2.75, 3.05) is 37.7 Å². The number of rotatable bonds is 2. The van der Waals surface area contributed by atoms with E-state index in [-0.39, 0.29) is 0 Å². The number of piperazine rings is 1. The van der Waals surface area contributed by atoms with Gasteiger partial charge in [-0.15, -0.1) is 5.10 Å². The minimum absolute atomic E-state index is 0.389. The summed E-state index contributed by atoms with van der Waals surface area (Å²) in [4.78, 5) is 6.88. The van der Waals surface area contributed by atoms with Crippen LogP contribution in [-0.4, -0.2) is 54.1 Å². The Morgan fingerprint density at radius 1 is 1.44 bits per heavy atom. The second-order valence-electron chi connectivity index (χ2n) is 5.24. The van der Waals surface area contributed by atoms with Gasteiger partial charge >= 0.3 is 0 Å². The molecule has 100 valence electrons. The maximum atomic E-state index is 5.50. The highest BCUT2D eigenvalue weighted by atomic mass is 16.5. The van der Waals surface area contributed by atoms with E-state index in [9.17, 15) is 0 Å². The molecule has 0 radical (unpaired) electrons. The number of nitrogens with zero attached hydrogens (tertiary/aromatic N) is 3. The summed E-state index contributed by atoms with van der Waals surface area (Å²) in [5.74, 6) is 2.21. The lowest BCUT2D eigenvalue weighted by molar-refractivity contribution is 0.0781. The van der Waals surface area contributed by atoms with E-state index in [1.165, 1.54) is 0 Å². The van der Waals surface area contributed by atoms with Crippen molar-refractivity contribution in [3.63, 3.8) is 0 Å². The van der Waals surface area contributed by atoms with Gasteiger partial charge in [0.2, 0.25) is 5.95 Å². The highest BCUT2D eigenvalue weighted by Crippen LogP contribution is 2.23. The monoisotopic (exact) mass is 251 g/mol. The Kier molecular flexibility index (Phi) is 3.47. The van der Waals surface area contributed by atoms with E-state index < -0.39 is 0 Å². The van der Waals surface area contributed by atoms with Gasteiger partial charge in [-0.05, 0) is 19.8 Å². The largest absolute Gasteiger partial charge is 0.381 e. The van der Waals surface area contributed by atoms with Crippen molar-refractivity contribution in [3.05, 3.63) is 5.82 Å². The molecule has 2 atom stereocenters. The van der Waals surface area contributed by atoms with E-state index in [4.69, 9.17) is 4.74 Å². The molecule has 0 amide bonds. The molecular formula is C12H21N5O. The molecule has 18 heavy (non-hydrogen) atoms. The molecule has 2 saturated heterocycles. The molecular weight excluding hydrogens is 230 g/mol. The molecule has 6 heteroatoms. The average molecular weight is 251 g/mol. The second kappa shape index (κ2) is 5.24. The predicted octanol–water partition coefficient (Wildman–Crippen LogP) is 0.497. The minimum atomic E-state index is 0.389. The molecule has 2 N–H and O–H groups in total. The molecule has 0 aromatic carbocycles. The first-order chi connectivity index (χ1) is 8.83. The smallest absolute Gasteiger partial charge is 0.244 e. The van der Waals surface area contributed by atoms with Crippen LogP contribution in [-0.2, 0) is 4.74 Å². The van der Waals surface area contributed by atoms with Crippen molar-refractivity contribution >= 4 is 5.95 Å². The molecule has 3 rings (SSSR count). The number of hydrogen-bond acceptors (Lipinski definition) is 5. The lowest BCUT2D eigenvalue weighted by Gasteiger charge is -2.30. The van der Waals surface area contributed by atoms with Crippen LogP contribution in [0.2, 0.25) is 0 Å². The van der Waals surface area contributed by atoms with Gasteiger partial charge in [0.1, 0.15) is 5.82 Å². The molecule has 6 nitrogen and oxygen atoms in total. The van der Waals surface area contributed by atoms with Gasteiger partial charge in [-0.1, -0.05) is 0 Å². The van der Waals surface area contributed by atoms with E-state index in [2.05, 4.69) is 32.3 Å². The third kappa shape index (κ3) is 2.49. The lowest BCUT2D eigenvalue weighted by atomic mass is 10.0. The maximum absolute atomic E-state index is 5.50. The first-order valence-electron chi connectivity index (χ1n) is 6.81. The normalized spacial score (nSPS) is 29.5. The molecule has 0 aliphatic carbocycles. The van der Waals surface area contributed by atoms with Crippen molar-refractivity contribution in [1.82, 2.24) is 20.5 Å². The van der Waals surface area contributed by atoms with Gasteiger partial charge < -0.3 is 15.0 Å². The molecule has 3 heterocycles. The van der Waals surface area contributed by atoms with Crippen LogP contribution in [0.15, 0.2) is 0 Å². The van der Waals surface area contributed by atoms with Crippen molar-refractivity contribution in [3.8, 4) is 0 Å². The van der Waals surface area contributed by atoms with E-state index in [1.54, 1.807) is 0 Å². The Bertz CT molecular complexity index is 388. The van der Waals surface area contributed by atoms with E-state index in [0.29, 0.717) is 12.0 Å². The summed E-state index contributed by atoms with van der Waals surface area (Å²) in [6, 6.07) is 0.499. The van der Waals surface area contributed by atoms with Gasteiger partial charge in [-0.3, -0.25) is 5.10 Å². The predicted molar refractivity (Wildman–Crippen MR) is 68.9 cm³/mol. The van der Waals surface area contributed by atoms with E-state index in [1.807, 2.05) is 0 Å². The van der Waals surface area contributed by atoms with E-state index in [0.717, 1.165) is 57.5 Å². The topological polar surface area (TPSA) is 66.1 Å². The average Bonchev–Trinajstić information content (AvgIpc) is 2.89. The Hall–Kier alpha value is -1.14. The zero-order valence-electron chi connectivity index (χ0n) is 10.9. The number of H-pyrrole nitrogens is 1. The zero-order chi connectivity index (χ0) is 12.4. The first-order valence-corrected chi connectivity index (χ1v) is 6.81. The third-order valence-electron chi connectivity index (χ3n) is 3.69. The number of hydrogen-bond donors (Lipinski definition) is 2. The van der Waals surface area contributed by atoms with Crippen LogP contribution < -0.4 is 10.2 Å². The summed E-state index contributed by atoms with van der Waals surface area (Å²) in [6.07, 6.45) is 2.26. The Morgan fingerprint density at radius 3 is 3.17 bits per heavy atom. The SMILES string of the molecule is C[C@H]1CN(c2n[nH]c(C3CCCOC3)n2)CCN1. The summed E-state index contributed by atoms with van der Waals surface area (Å²) in [5, 5.41) is 10.9. The van der Waals surface area contributed by atoms with Crippen LogP contribution in [0.1, 0.15) is 31.5 Å².